The Labute approximate surface area is 350 Å². The molecule has 0 aromatic heterocycles. The Morgan fingerprint density at radius 3 is 1.66 bits per heavy atom. The zero-order valence-corrected chi connectivity index (χ0v) is 36.5. The van der Waals surface area contributed by atoms with Crippen LogP contribution < -0.4 is 5.32 Å². The fourth-order valence-corrected chi connectivity index (χ4v) is 7.41. The van der Waals surface area contributed by atoms with E-state index in [0.29, 0.717) is 12.8 Å². The van der Waals surface area contributed by atoms with Crippen molar-refractivity contribution in [2.45, 2.75) is 223 Å². The highest BCUT2D eigenvalue weighted by Gasteiger charge is 2.48. The summed E-state index contributed by atoms with van der Waals surface area (Å²) in [5.41, 5.74) is 0. The molecule has 1 aliphatic heterocycles. The molecular formula is C44H81NO12S. The van der Waals surface area contributed by atoms with Crippen molar-refractivity contribution in [2.24, 2.45) is 0 Å². The lowest BCUT2D eigenvalue weighted by molar-refractivity contribution is -0.298. The van der Waals surface area contributed by atoms with E-state index in [1.165, 1.54) is 102 Å². The maximum absolute atomic E-state index is 13.1. The first-order chi connectivity index (χ1) is 27.9. The Morgan fingerprint density at radius 1 is 0.690 bits per heavy atom. The van der Waals surface area contributed by atoms with Crippen LogP contribution in [0.15, 0.2) is 36.5 Å². The molecule has 58 heavy (non-hydrogen) atoms. The quantitative estimate of drug-likeness (QED) is 0.0187. The van der Waals surface area contributed by atoms with E-state index < -0.39 is 78.5 Å². The van der Waals surface area contributed by atoms with Gasteiger partial charge in [-0.2, -0.15) is 8.42 Å². The molecule has 1 amide bonds. The average Bonchev–Trinajstić information content (AvgIpc) is 3.19. The maximum atomic E-state index is 13.1. The number of aliphatic hydroxyl groups excluding tert-OH is 5. The van der Waals surface area contributed by atoms with Gasteiger partial charge in [-0.1, -0.05) is 166 Å². The summed E-state index contributed by atoms with van der Waals surface area (Å²) >= 11 is 0. The number of allylic oxidation sites excluding steroid dienone is 5. The molecule has 14 heteroatoms. The second-order valence-electron chi connectivity index (χ2n) is 15.8. The highest BCUT2D eigenvalue weighted by atomic mass is 32.3. The molecule has 0 radical (unpaired) electrons. The van der Waals surface area contributed by atoms with Gasteiger partial charge >= 0.3 is 10.4 Å². The van der Waals surface area contributed by atoms with Gasteiger partial charge in [-0.15, -0.1) is 0 Å². The first-order valence-electron chi connectivity index (χ1n) is 22.5. The van der Waals surface area contributed by atoms with E-state index >= 15 is 0 Å². The van der Waals surface area contributed by atoms with E-state index in [9.17, 15) is 38.7 Å². The summed E-state index contributed by atoms with van der Waals surface area (Å²) in [4.78, 5) is 13.1. The number of amides is 1. The van der Waals surface area contributed by atoms with Crippen LogP contribution in [0, 0.1) is 0 Å². The van der Waals surface area contributed by atoms with Crippen molar-refractivity contribution in [3.63, 3.8) is 0 Å². The van der Waals surface area contributed by atoms with Crippen LogP contribution in [0.2, 0.25) is 0 Å². The fourth-order valence-electron chi connectivity index (χ4n) is 6.90. The summed E-state index contributed by atoms with van der Waals surface area (Å²) in [5.74, 6) is -0.717. The molecule has 1 aliphatic rings. The Morgan fingerprint density at radius 2 is 1.16 bits per heavy atom. The number of nitrogens with one attached hydrogen (secondary N) is 1. The van der Waals surface area contributed by atoms with Gasteiger partial charge in [0.2, 0.25) is 5.91 Å². The molecule has 0 aromatic rings. The molecule has 7 N–H and O–H groups in total. The molecule has 1 rings (SSSR count). The van der Waals surface area contributed by atoms with E-state index in [0.717, 1.165) is 44.9 Å². The van der Waals surface area contributed by atoms with Crippen molar-refractivity contribution >= 4 is 16.3 Å². The highest BCUT2D eigenvalue weighted by Crippen LogP contribution is 2.26. The summed E-state index contributed by atoms with van der Waals surface area (Å²) in [6, 6.07) is -1.14. The van der Waals surface area contributed by atoms with Gasteiger partial charge in [0, 0.05) is 0 Å². The zero-order chi connectivity index (χ0) is 42.9. The third-order valence-electron chi connectivity index (χ3n) is 10.5. The number of hydrogen-bond donors (Lipinski definition) is 7. The number of hydrogen-bond acceptors (Lipinski definition) is 11. The Kier molecular flexibility index (Phi) is 32.7. The van der Waals surface area contributed by atoms with E-state index in [1.807, 2.05) is 0 Å². The smallest absolute Gasteiger partial charge is 0.394 e. The van der Waals surface area contributed by atoms with Crippen LogP contribution in [-0.4, -0.2) is 107 Å². The van der Waals surface area contributed by atoms with Gasteiger partial charge < -0.3 is 40.3 Å². The van der Waals surface area contributed by atoms with Gasteiger partial charge in [-0.3, -0.25) is 9.35 Å². The minimum atomic E-state index is -5.12. The van der Waals surface area contributed by atoms with Gasteiger partial charge in [0.25, 0.3) is 0 Å². The van der Waals surface area contributed by atoms with Crippen molar-refractivity contribution in [3.05, 3.63) is 36.5 Å². The van der Waals surface area contributed by atoms with Gasteiger partial charge in [0.1, 0.15) is 30.5 Å². The molecule has 0 bridgehead atoms. The van der Waals surface area contributed by atoms with Gasteiger partial charge in [-0.25, -0.2) is 4.18 Å². The summed E-state index contributed by atoms with van der Waals surface area (Å²) in [7, 11) is -5.12. The van der Waals surface area contributed by atoms with E-state index in [1.54, 1.807) is 6.08 Å². The SMILES string of the molecule is CCCCC/C=C/CC/C=C/CC/C=C/C(O)C(COC1OC(CO)C(O)C(OS(=O)(=O)O)C1O)NC(=O)C(O)CCCCCCCCCCCCCCCCCC. The number of rotatable bonds is 37. The lowest BCUT2D eigenvalue weighted by atomic mass is 9.99. The molecular weight excluding hydrogens is 767 g/mol. The number of carbonyl (C=O) groups excluding carboxylic acids is 1. The van der Waals surface area contributed by atoms with Crippen LogP contribution in [0.25, 0.3) is 0 Å². The van der Waals surface area contributed by atoms with Crippen LogP contribution in [0.3, 0.4) is 0 Å². The molecule has 0 aromatic carbocycles. The predicted molar refractivity (Wildman–Crippen MR) is 228 cm³/mol. The standard InChI is InChI=1S/C44H81NO12S/c1-3-5-7-9-11-13-15-17-18-19-21-23-25-27-29-31-33-38(48)43(51)45-36(37(47)32-30-28-26-24-22-20-16-14-12-10-8-6-4-2)35-55-44-41(50)42(57-58(52,53)54)40(49)39(34-46)56-44/h12,14,22,24,30,32,36-42,44,46-50H,3-11,13,15-21,23,25-29,31,33-35H2,1-2H3,(H,45,51)(H,52,53,54)/b14-12+,24-22+,32-30+. The van der Waals surface area contributed by atoms with Crippen LogP contribution in [0.4, 0.5) is 0 Å². The molecule has 340 valence electrons. The number of unbranched alkanes of at least 4 members (excludes halogenated alkanes) is 20. The largest absolute Gasteiger partial charge is 0.397 e. The molecule has 13 nitrogen and oxygen atoms in total. The highest BCUT2D eigenvalue weighted by molar-refractivity contribution is 7.80. The lowest BCUT2D eigenvalue weighted by Crippen LogP contribution is -2.61. The normalized spacial score (nSPS) is 22.0. The Hall–Kier alpha value is -1.72. The average molecular weight is 848 g/mol. The third kappa shape index (κ3) is 27.2. The summed E-state index contributed by atoms with van der Waals surface area (Å²) in [6.45, 7) is 3.15. The van der Waals surface area contributed by atoms with Crippen molar-refractivity contribution in [3.8, 4) is 0 Å². The van der Waals surface area contributed by atoms with Crippen molar-refractivity contribution in [1.29, 1.82) is 0 Å². The molecule has 1 heterocycles. The second-order valence-corrected chi connectivity index (χ2v) is 16.8. The van der Waals surface area contributed by atoms with Crippen molar-refractivity contribution < 1.29 is 57.0 Å². The summed E-state index contributed by atoms with van der Waals surface area (Å²) in [5, 5.41) is 55.1. The Balaban J connectivity index is 2.62. The Bertz CT molecular complexity index is 1200. The topological polar surface area (TPSA) is 212 Å². The van der Waals surface area contributed by atoms with Crippen LogP contribution in [-0.2, 0) is 28.9 Å². The van der Waals surface area contributed by atoms with E-state index in [2.05, 4.69) is 47.7 Å². The van der Waals surface area contributed by atoms with E-state index in [-0.39, 0.29) is 6.42 Å². The second kappa shape index (κ2) is 34.9. The number of aliphatic hydroxyl groups is 5. The first kappa shape index (κ1) is 54.3. The summed E-state index contributed by atoms with van der Waals surface area (Å²) < 4.78 is 47.4. The fraction of sp³-hybridized carbons (Fsp3) is 0.841. The molecule has 8 unspecified atom stereocenters. The number of ether oxygens (including phenoxy) is 2. The van der Waals surface area contributed by atoms with Crippen LogP contribution >= 0.6 is 0 Å². The minimum absolute atomic E-state index is 0.236. The van der Waals surface area contributed by atoms with E-state index in [4.69, 9.17) is 14.0 Å². The van der Waals surface area contributed by atoms with Crippen LogP contribution in [0.1, 0.15) is 174 Å². The molecule has 0 aliphatic carbocycles. The molecule has 8 atom stereocenters. The minimum Gasteiger partial charge on any atom is -0.394 e. The molecule has 0 spiro atoms. The monoisotopic (exact) mass is 848 g/mol. The van der Waals surface area contributed by atoms with Crippen LogP contribution in [0.5, 0.6) is 0 Å². The van der Waals surface area contributed by atoms with Gasteiger partial charge in [0.05, 0.1) is 25.4 Å². The molecule has 0 saturated carbocycles. The third-order valence-corrected chi connectivity index (χ3v) is 11.0. The lowest BCUT2D eigenvalue weighted by Gasteiger charge is -2.41. The van der Waals surface area contributed by atoms with Gasteiger partial charge in [-0.05, 0) is 44.9 Å². The molecule has 1 fully saturated rings. The van der Waals surface area contributed by atoms with Gasteiger partial charge in [0.15, 0.2) is 6.29 Å². The predicted octanol–water partition coefficient (Wildman–Crippen LogP) is 7.30. The zero-order valence-electron chi connectivity index (χ0n) is 35.7. The van der Waals surface area contributed by atoms with Crippen molar-refractivity contribution in [2.75, 3.05) is 13.2 Å². The van der Waals surface area contributed by atoms with Crippen molar-refractivity contribution in [1.82, 2.24) is 5.32 Å². The molecule has 1 saturated heterocycles. The summed E-state index contributed by atoms with van der Waals surface area (Å²) in [6.07, 6.45) is 28.0. The first-order valence-corrected chi connectivity index (χ1v) is 23.8. The number of carbonyl (C=O) groups is 1. The maximum Gasteiger partial charge on any atom is 0.397 e.